The van der Waals surface area contributed by atoms with Crippen molar-refractivity contribution < 1.29 is 19.1 Å². The lowest BCUT2D eigenvalue weighted by Gasteiger charge is -2.14. The number of benzene rings is 1. The summed E-state index contributed by atoms with van der Waals surface area (Å²) in [7, 11) is 0. The minimum absolute atomic E-state index is 0.129. The van der Waals surface area contributed by atoms with Crippen molar-refractivity contribution in [1.82, 2.24) is 4.90 Å². The number of carboxylic acids is 1. The van der Waals surface area contributed by atoms with Gasteiger partial charge in [-0.25, -0.2) is 4.39 Å². The molecule has 4 nitrogen and oxygen atoms in total. The Morgan fingerprint density at radius 2 is 2.00 bits per heavy atom. The summed E-state index contributed by atoms with van der Waals surface area (Å²) in [5, 5.41) is 9.04. The maximum absolute atomic E-state index is 13.0. The van der Waals surface area contributed by atoms with Gasteiger partial charge in [0.25, 0.3) is 5.91 Å². The second-order valence-electron chi connectivity index (χ2n) is 5.66. The summed E-state index contributed by atoms with van der Waals surface area (Å²) in [6.07, 6.45) is 0.496. The van der Waals surface area contributed by atoms with E-state index in [1.165, 1.54) is 23.5 Å². The van der Waals surface area contributed by atoms with Crippen LogP contribution in [0.15, 0.2) is 30.3 Å². The maximum Gasteiger partial charge on any atom is 0.308 e. The number of hydrogen-bond donors (Lipinski definition) is 1. The first-order chi connectivity index (χ1) is 11.0. The number of rotatable bonds is 3. The minimum Gasteiger partial charge on any atom is -0.481 e. The van der Waals surface area contributed by atoms with E-state index in [0.29, 0.717) is 17.8 Å². The molecule has 1 saturated heterocycles. The van der Waals surface area contributed by atoms with Crippen LogP contribution in [0.25, 0.3) is 11.1 Å². The first kappa shape index (κ1) is 15.7. The molecule has 1 aliphatic heterocycles. The van der Waals surface area contributed by atoms with Crippen LogP contribution in [0.1, 0.15) is 21.0 Å². The van der Waals surface area contributed by atoms with E-state index in [-0.39, 0.29) is 18.3 Å². The number of amides is 1. The van der Waals surface area contributed by atoms with E-state index >= 15 is 0 Å². The predicted octanol–water partition coefficient (Wildman–Crippen LogP) is 3.41. The van der Waals surface area contributed by atoms with Gasteiger partial charge in [0.2, 0.25) is 0 Å². The zero-order valence-corrected chi connectivity index (χ0v) is 13.4. The highest BCUT2D eigenvalue weighted by Gasteiger charge is 2.32. The summed E-state index contributed by atoms with van der Waals surface area (Å²) in [6, 6.07) is 7.98. The van der Waals surface area contributed by atoms with Crippen molar-refractivity contribution in [3.05, 3.63) is 45.9 Å². The number of aliphatic carboxylic acids is 1. The van der Waals surface area contributed by atoms with Crippen LogP contribution in [0.5, 0.6) is 0 Å². The Bertz CT molecular complexity index is 754. The standard InChI is InChI=1S/C17H16FNO3S/c1-10-14(11-2-4-13(18)5-3-11)8-15(23-10)16(20)19-7-6-12(9-19)17(21)22/h2-5,8,12H,6-7,9H2,1H3,(H,21,22). The number of aryl methyl sites for hydroxylation is 1. The highest BCUT2D eigenvalue weighted by molar-refractivity contribution is 7.14. The third-order valence-corrected chi connectivity index (χ3v) is 5.15. The van der Waals surface area contributed by atoms with Crippen LogP contribution in [0, 0.1) is 18.7 Å². The van der Waals surface area contributed by atoms with Crippen molar-refractivity contribution in [1.29, 1.82) is 0 Å². The minimum atomic E-state index is -0.852. The van der Waals surface area contributed by atoms with Crippen molar-refractivity contribution in [2.45, 2.75) is 13.3 Å². The molecule has 1 aromatic heterocycles. The van der Waals surface area contributed by atoms with Gasteiger partial charge in [-0.3, -0.25) is 9.59 Å². The second kappa shape index (κ2) is 6.12. The molecule has 2 heterocycles. The topological polar surface area (TPSA) is 57.6 Å². The Kier molecular flexibility index (Phi) is 4.17. The number of likely N-dealkylation sites (tertiary alicyclic amines) is 1. The van der Waals surface area contributed by atoms with Gasteiger partial charge in [-0.1, -0.05) is 12.1 Å². The van der Waals surface area contributed by atoms with Gasteiger partial charge in [0.05, 0.1) is 10.8 Å². The third-order valence-electron chi connectivity index (χ3n) is 4.11. The van der Waals surface area contributed by atoms with Crippen LogP contribution in [-0.4, -0.2) is 35.0 Å². The molecule has 3 rings (SSSR count). The number of halogens is 1. The number of carboxylic acid groups (broad SMARTS) is 1. The van der Waals surface area contributed by atoms with E-state index in [1.54, 1.807) is 17.0 Å². The van der Waals surface area contributed by atoms with Gasteiger partial charge in [-0.15, -0.1) is 11.3 Å². The van der Waals surface area contributed by atoms with Crippen molar-refractivity contribution in [2.24, 2.45) is 5.92 Å². The molecule has 1 atom stereocenters. The highest BCUT2D eigenvalue weighted by atomic mass is 32.1. The molecule has 0 radical (unpaired) electrons. The largest absolute Gasteiger partial charge is 0.481 e. The Hall–Kier alpha value is -2.21. The number of hydrogen-bond acceptors (Lipinski definition) is 3. The average molecular weight is 333 g/mol. The molecule has 1 fully saturated rings. The van der Waals surface area contributed by atoms with Crippen LogP contribution < -0.4 is 0 Å². The van der Waals surface area contributed by atoms with Gasteiger partial charge >= 0.3 is 5.97 Å². The summed E-state index contributed by atoms with van der Waals surface area (Å²) < 4.78 is 13.0. The Morgan fingerprint density at radius 1 is 1.30 bits per heavy atom. The van der Waals surface area contributed by atoms with E-state index < -0.39 is 11.9 Å². The molecule has 2 aromatic rings. The van der Waals surface area contributed by atoms with Gasteiger partial charge in [0.1, 0.15) is 5.82 Å². The van der Waals surface area contributed by atoms with Crippen LogP contribution >= 0.6 is 11.3 Å². The Morgan fingerprint density at radius 3 is 2.61 bits per heavy atom. The lowest BCUT2D eigenvalue weighted by Crippen LogP contribution is -2.29. The monoisotopic (exact) mass is 333 g/mol. The highest BCUT2D eigenvalue weighted by Crippen LogP contribution is 2.32. The van der Waals surface area contributed by atoms with Crippen molar-refractivity contribution in [3.63, 3.8) is 0 Å². The Labute approximate surface area is 137 Å². The molecule has 6 heteroatoms. The fraction of sp³-hybridized carbons (Fsp3) is 0.294. The molecular formula is C17H16FNO3S. The van der Waals surface area contributed by atoms with Crippen LogP contribution in [0.4, 0.5) is 4.39 Å². The lowest BCUT2D eigenvalue weighted by atomic mass is 10.1. The molecule has 120 valence electrons. The first-order valence-electron chi connectivity index (χ1n) is 7.34. The quantitative estimate of drug-likeness (QED) is 0.936. The molecule has 1 aromatic carbocycles. The molecule has 0 bridgehead atoms. The van der Waals surface area contributed by atoms with Crippen molar-refractivity contribution in [2.75, 3.05) is 13.1 Å². The second-order valence-corrected chi connectivity index (χ2v) is 6.92. The molecule has 1 aliphatic rings. The molecule has 0 saturated carbocycles. The van der Waals surface area contributed by atoms with Gasteiger partial charge in [0, 0.05) is 18.0 Å². The summed E-state index contributed by atoms with van der Waals surface area (Å²) in [4.78, 5) is 26.7. The van der Waals surface area contributed by atoms with E-state index in [4.69, 9.17) is 5.11 Å². The first-order valence-corrected chi connectivity index (χ1v) is 8.16. The number of thiophene rings is 1. The van der Waals surface area contributed by atoms with E-state index in [1.807, 2.05) is 13.0 Å². The van der Waals surface area contributed by atoms with Crippen LogP contribution in [-0.2, 0) is 4.79 Å². The SMILES string of the molecule is Cc1sc(C(=O)N2CCC(C(=O)O)C2)cc1-c1ccc(F)cc1. The lowest BCUT2D eigenvalue weighted by molar-refractivity contribution is -0.141. The smallest absolute Gasteiger partial charge is 0.308 e. The molecule has 23 heavy (non-hydrogen) atoms. The van der Waals surface area contributed by atoms with Crippen molar-refractivity contribution >= 4 is 23.2 Å². The molecule has 1 N–H and O–H groups in total. The summed E-state index contributed by atoms with van der Waals surface area (Å²) in [5.74, 6) is -1.75. The summed E-state index contributed by atoms with van der Waals surface area (Å²) in [6.45, 7) is 2.65. The molecule has 0 aliphatic carbocycles. The number of carbonyl (C=O) groups is 2. The van der Waals surface area contributed by atoms with Gasteiger partial charge in [-0.2, -0.15) is 0 Å². The molecule has 0 spiro atoms. The van der Waals surface area contributed by atoms with E-state index in [0.717, 1.165) is 16.0 Å². The summed E-state index contributed by atoms with van der Waals surface area (Å²) >= 11 is 1.39. The normalized spacial score (nSPS) is 17.5. The van der Waals surface area contributed by atoms with Gasteiger partial charge in [0.15, 0.2) is 0 Å². The Balaban J connectivity index is 1.82. The number of nitrogens with zero attached hydrogens (tertiary/aromatic N) is 1. The zero-order valence-electron chi connectivity index (χ0n) is 12.6. The molecular weight excluding hydrogens is 317 g/mol. The average Bonchev–Trinajstić information content (AvgIpc) is 3.14. The summed E-state index contributed by atoms with van der Waals surface area (Å²) in [5.41, 5.74) is 1.77. The molecule has 1 amide bonds. The van der Waals surface area contributed by atoms with Crippen LogP contribution in [0.3, 0.4) is 0 Å². The van der Waals surface area contributed by atoms with Gasteiger partial charge in [-0.05, 0) is 42.7 Å². The number of carbonyl (C=O) groups excluding carboxylic acids is 1. The van der Waals surface area contributed by atoms with Gasteiger partial charge < -0.3 is 10.0 Å². The zero-order chi connectivity index (χ0) is 16.6. The van der Waals surface area contributed by atoms with Crippen molar-refractivity contribution in [3.8, 4) is 11.1 Å². The fourth-order valence-corrected chi connectivity index (χ4v) is 3.82. The van der Waals surface area contributed by atoms with Crippen LogP contribution in [0.2, 0.25) is 0 Å². The maximum atomic E-state index is 13.0. The third kappa shape index (κ3) is 3.12. The van der Waals surface area contributed by atoms with E-state index in [9.17, 15) is 14.0 Å². The fourth-order valence-electron chi connectivity index (χ4n) is 2.81. The molecule has 1 unspecified atom stereocenters. The predicted molar refractivity (Wildman–Crippen MR) is 86.1 cm³/mol. The van der Waals surface area contributed by atoms with E-state index in [2.05, 4.69) is 0 Å².